The Kier molecular flexibility index (Phi) is 6.41. The molecule has 1 amide bonds. The van der Waals surface area contributed by atoms with Crippen molar-refractivity contribution in [3.63, 3.8) is 0 Å². The molecule has 0 bridgehead atoms. The van der Waals surface area contributed by atoms with E-state index >= 15 is 0 Å². The number of fused-ring (bicyclic) bond motifs is 1. The molecule has 0 fully saturated rings. The van der Waals surface area contributed by atoms with E-state index in [-0.39, 0.29) is 24.3 Å². The van der Waals surface area contributed by atoms with E-state index in [9.17, 15) is 9.59 Å². The lowest BCUT2D eigenvalue weighted by Crippen LogP contribution is -2.40. The monoisotopic (exact) mass is 401 g/mol. The molecule has 0 spiro atoms. The second-order valence-corrected chi connectivity index (χ2v) is 7.82. The second kappa shape index (κ2) is 8.96. The van der Waals surface area contributed by atoms with E-state index in [2.05, 4.69) is 9.97 Å². The third-order valence-electron chi connectivity index (χ3n) is 3.73. The fourth-order valence-electron chi connectivity index (χ4n) is 2.58. The van der Waals surface area contributed by atoms with Crippen LogP contribution >= 0.6 is 23.1 Å². The van der Waals surface area contributed by atoms with Crippen LogP contribution in [0.3, 0.4) is 0 Å². The van der Waals surface area contributed by atoms with Crippen LogP contribution < -0.4 is 4.90 Å². The maximum atomic E-state index is 12.5. The average molecular weight is 402 g/mol. The van der Waals surface area contributed by atoms with Crippen molar-refractivity contribution in [2.45, 2.75) is 24.9 Å². The first-order valence-electron chi connectivity index (χ1n) is 8.40. The van der Waals surface area contributed by atoms with Crippen LogP contribution in [0.2, 0.25) is 0 Å². The molecule has 0 N–H and O–H groups in total. The number of para-hydroxylation sites is 1. The largest absolute Gasteiger partial charge is 0.455 e. The van der Waals surface area contributed by atoms with Gasteiger partial charge in [0.1, 0.15) is 16.2 Å². The number of carbonyl (C=O) groups excluding carboxylic acids is 2. The highest BCUT2D eigenvalue weighted by molar-refractivity contribution is 8.00. The normalized spacial score (nSPS) is 10.9. The molecule has 1 aromatic carbocycles. The Morgan fingerprint density at radius 1 is 1.19 bits per heavy atom. The molecule has 0 radical (unpaired) electrons. The molecule has 0 aliphatic carbocycles. The third-order valence-corrected chi connectivity index (χ3v) is 5.53. The molecule has 0 aliphatic rings. The van der Waals surface area contributed by atoms with Gasteiger partial charge in [0.15, 0.2) is 6.61 Å². The summed E-state index contributed by atoms with van der Waals surface area (Å²) >= 11 is 2.80. The number of nitrogens with zero attached hydrogens (tertiary/aromatic N) is 3. The number of hydrogen-bond acceptors (Lipinski definition) is 7. The minimum Gasteiger partial charge on any atom is -0.455 e. The van der Waals surface area contributed by atoms with Crippen LogP contribution in [0.4, 0.5) is 5.69 Å². The van der Waals surface area contributed by atoms with Crippen molar-refractivity contribution in [1.29, 1.82) is 0 Å². The zero-order valence-corrected chi connectivity index (χ0v) is 16.6. The number of carbonyl (C=O) groups is 2. The summed E-state index contributed by atoms with van der Waals surface area (Å²) < 4.78 is 5.18. The third kappa shape index (κ3) is 4.84. The molecular formula is C19H19N3O3S2. The predicted octanol–water partition coefficient (Wildman–Crippen LogP) is 3.77. The number of amides is 1. The number of hydrogen-bond donors (Lipinski definition) is 0. The van der Waals surface area contributed by atoms with Gasteiger partial charge in [0.2, 0.25) is 0 Å². The zero-order valence-electron chi connectivity index (χ0n) is 15.0. The van der Waals surface area contributed by atoms with Crippen LogP contribution in [0, 0.1) is 0 Å². The van der Waals surface area contributed by atoms with Crippen LogP contribution in [0.5, 0.6) is 0 Å². The highest BCUT2D eigenvalue weighted by Gasteiger charge is 2.20. The minimum absolute atomic E-state index is 0.0409. The fraction of sp³-hybridized carbons (Fsp3) is 0.263. The molecule has 140 valence electrons. The van der Waals surface area contributed by atoms with Crippen molar-refractivity contribution in [3.05, 3.63) is 48.1 Å². The van der Waals surface area contributed by atoms with E-state index in [1.165, 1.54) is 29.4 Å². The maximum absolute atomic E-state index is 12.5. The molecule has 6 nitrogen and oxygen atoms in total. The first-order chi connectivity index (χ1) is 13.1. The lowest BCUT2D eigenvalue weighted by Gasteiger charge is -2.26. The van der Waals surface area contributed by atoms with Crippen molar-refractivity contribution in [3.8, 4) is 0 Å². The predicted molar refractivity (Wildman–Crippen MR) is 108 cm³/mol. The molecule has 2 aromatic heterocycles. The minimum atomic E-state index is -0.452. The Hall–Kier alpha value is -2.45. The van der Waals surface area contributed by atoms with E-state index in [1.807, 2.05) is 55.6 Å². The van der Waals surface area contributed by atoms with Crippen molar-refractivity contribution >= 4 is 50.9 Å². The average Bonchev–Trinajstić information content (AvgIpc) is 3.15. The number of benzene rings is 1. The number of aromatic nitrogens is 2. The molecule has 0 saturated carbocycles. The van der Waals surface area contributed by atoms with Gasteiger partial charge in [-0.3, -0.25) is 9.59 Å². The van der Waals surface area contributed by atoms with Gasteiger partial charge in [-0.15, -0.1) is 11.3 Å². The SMILES string of the molecule is CC(C)N(C(=O)COC(=O)CSc1ncnc2sccc12)c1ccccc1. The van der Waals surface area contributed by atoms with Gasteiger partial charge in [-0.05, 0) is 37.4 Å². The zero-order chi connectivity index (χ0) is 19.2. The van der Waals surface area contributed by atoms with Gasteiger partial charge in [-0.1, -0.05) is 30.0 Å². The topological polar surface area (TPSA) is 72.4 Å². The van der Waals surface area contributed by atoms with E-state index < -0.39 is 5.97 Å². The summed E-state index contributed by atoms with van der Waals surface area (Å²) in [5.74, 6) is -0.619. The molecule has 0 atom stereocenters. The van der Waals surface area contributed by atoms with Gasteiger partial charge >= 0.3 is 5.97 Å². The summed E-state index contributed by atoms with van der Waals surface area (Å²) in [4.78, 5) is 35.5. The summed E-state index contributed by atoms with van der Waals surface area (Å²) in [6.07, 6.45) is 1.48. The smallest absolute Gasteiger partial charge is 0.316 e. The Morgan fingerprint density at radius 2 is 1.96 bits per heavy atom. The number of anilines is 1. The van der Waals surface area contributed by atoms with Crippen molar-refractivity contribution in [2.75, 3.05) is 17.3 Å². The van der Waals surface area contributed by atoms with Crippen LogP contribution in [0.1, 0.15) is 13.8 Å². The second-order valence-electron chi connectivity index (χ2n) is 5.96. The maximum Gasteiger partial charge on any atom is 0.316 e. The van der Waals surface area contributed by atoms with E-state index in [0.717, 1.165) is 20.9 Å². The summed E-state index contributed by atoms with van der Waals surface area (Å²) in [7, 11) is 0. The van der Waals surface area contributed by atoms with Crippen LogP contribution in [-0.2, 0) is 14.3 Å². The Labute approximate surface area is 165 Å². The van der Waals surface area contributed by atoms with E-state index in [0.29, 0.717) is 0 Å². The van der Waals surface area contributed by atoms with Crippen molar-refractivity contribution in [1.82, 2.24) is 9.97 Å². The highest BCUT2D eigenvalue weighted by atomic mass is 32.2. The summed E-state index contributed by atoms with van der Waals surface area (Å²) in [5, 5.41) is 3.59. The number of esters is 1. The molecular weight excluding hydrogens is 382 g/mol. The fourth-order valence-corrected chi connectivity index (χ4v) is 4.16. The molecule has 2 heterocycles. The molecule has 0 aliphatic heterocycles. The Morgan fingerprint density at radius 3 is 2.70 bits per heavy atom. The Balaban J connectivity index is 1.55. The van der Waals surface area contributed by atoms with Crippen LogP contribution in [0.25, 0.3) is 10.2 Å². The van der Waals surface area contributed by atoms with Crippen LogP contribution in [0.15, 0.2) is 53.1 Å². The van der Waals surface area contributed by atoms with Crippen LogP contribution in [-0.4, -0.2) is 40.2 Å². The van der Waals surface area contributed by atoms with E-state index in [4.69, 9.17) is 4.74 Å². The van der Waals surface area contributed by atoms with Gasteiger partial charge in [0.25, 0.3) is 5.91 Å². The first-order valence-corrected chi connectivity index (χ1v) is 10.3. The van der Waals surface area contributed by atoms with Gasteiger partial charge in [0.05, 0.1) is 5.75 Å². The lowest BCUT2D eigenvalue weighted by atomic mass is 10.2. The molecule has 3 aromatic rings. The molecule has 3 rings (SSSR count). The molecule has 8 heteroatoms. The Bertz CT molecular complexity index is 928. The lowest BCUT2D eigenvalue weighted by molar-refractivity contribution is -0.145. The van der Waals surface area contributed by atoms with Gasteiger partial charge < -0.3 is 9.64 Å². The molecule has 0 unspecified atom stereocenters. The highest BCUT2D eigenvalue weighted by Crippen LogP contribution is 2.27. The number of ether oxygens (including phenoxy) is 1. The van der Waals surface area contributed by atoms with Crippen molar-refractivity contribution < 1.29 is 14.3 Å². The molecule has 0 saturated heterocycles. The van der Waals surface area contributed by atoms with Gasteiger partial charge in [-0.2, -0.15) is 0 Å². The first kappa shape index (κ1) is 19.3. The van der Waals surface area contributed by atoms with Gasteiger partial charge in [0, 0.05) is 17.1 Å². The van der Waals surface area contributed by atoms with E-state index in [1.54, 1.807) is 4.90 Å². The summed E-state index contributed by atoms with van der Waals surface area (Å²) in [6, 6.07) is 11.2. The summed E-state index contributed by atoms with van der Waals surface area (Å²) in [5.41, 5.74) is 0.781. The quantitative estimate of drug-likeness (QED) is 0.341. The summed E-state index contributed by atoms with van der Waals surface area (Å²) in [6.45, 7) is 3.55. The van der Waals surface area contributed by atoms with Gasteiger partial charge in [-0.25, -0.2) is 9.97 Å². The standard InChI is InChI=1S/C19H19N3O3S2/c1-13(2)22(14-6-4-3-5-7-14)16(23)10-25-17(24)11-27-19-15-8-9-26-18(15)20-12-21-19/h3-9,12-13H,10-11H2,1-2H3. The number of thioether (sulfide) groups is 1. The number of thiophene rings is 1. The molecule has 27 heavy (non-hydrogen) atoms. The number of rotatable bonds is 7. The van der Waals surface area contributed by atoms with Crippen molar-refractivity contribution in [2.24, 2.45) is 0 Å².